The molecular weight excluding hydrogens is 497 g/mol. The summed E-state index contributed by atoms with van der Waals surface area (Å²) in [6.07, 6.45) is 1.23. The highest BCUT2D eigenvalue weighted by Crippen LogP contribution is 2.29. The number of aromatic nitrogens is 2. The second-order valence-electron chi connectivity index (χ2n) is 10.5. The van der Waals surface area contributed by atoms with Crippen molar-refractivity contribution in [3.05, 3.63) is 72.0 Å². The summed E-state index contributed by atoms with van der Waals surface area (Å²) in [7, 11) is 0. The molecule has 0 radical (unpaired) electrons. The van der Waals surface area contributed by atoms with Crippen molar-refractivity contribution in [1.29, 1.82) is 0 Å². The van der Waals surface area contributed by atoms with Gasteiger partial charge in [0, 0.05) is 57.6 Å². The molecule has 0 bridgehead atoms. The van der Waals surface area contributed by atoms with Gasteiger partial charge in [-0.05, 0) is 60.3 Å². The van der Waals surface area contributed by atoms with Crippen LogP contribution in [0.2, 0.25) is 0 Å². The molecule has 0 saturated carbocycles. The fraction of sp³-hybridized carbons (Fsp3) is 0.414. The summed E-state index contributed by atoms with van der Waals surface area (Å²) in [5, 5.41) is 6.82. The summed E-state index contributed by atoms with van der Waals surface area (Å²) in [5.74, 6) is 3.31. The lowest BCUT2D eigenvalue weighted by atomic mass is 9.92. The summed E-state index contributed by atoms with van der Waals surface area (Å²) in [6, 6.07) is 19.1. The van der Waals surface area contributed by atoms with Gasteiger partial charge in [-0.25, -0.2) is 4.39 Å². The van der Waals surface area contributed by atoms with Gasteiger partial charge in [-0.2, -0.15) is 9.97 Å². The first-order chi connectivity index (χ1) is 18.4. The number of nitrogens with zero attached hydrogens (tertiary/aromatic N) is 5. The van der Waals surface area contributed by atoms with E-state index in [9.17, 15) is 4.39 Å². The number of nitrogens with one attached hydrogen (secondary N) is 2. The Bertz CT molecular complexity index is 1210. The van der Waals surface area contributed by atoms with Crippen molar-refractivity contribution in [3.8, 4) is 0 Å². The highest BCUT2D eigenvalue weighted by molar-refractivity contribution is 7.80. The Morgan fingerprint density at radius 1 is 0.868 bits per heavy atom. The van der Waals surface area contributed by atoms with Crippen LogP contribution in [0.1, 0.15) is 25.8 Å². The maximum Gasteiger partial charge on any atom is 0.232 e. The van der Waals surface area contributed by atoms with E-state index < -0.39 is 0 Å². The molecule has 7 nitrogen and oxygen atoms in total. The van der Waals surface area contributed by atoms with E-state index in [2.05, 4.69) is 75.6 Å². The van der Waals surface area contributed by atoms with Gasteiger partial charge in [0.1, 0.15) is 17.5 Å². The van der Waals surface area contributed by atoms with Gasteiger partial charge >= 0.3 is 0 Å². The van der Waals surface area contributed by atoms with Crippen LogP contribution < -0.4 is 25.3 Å². The van der Waals surface area contributed by atoms with Crippen molar-refractivity contribution in [1.82, 2.24) is 15.3 Å². The average molecular weight is 534 g/mol. The molecule has 2 aromatic carbocycles. The first-order valence-electron chi connectivity index (χ1n) is 13.4. The van der Waals surface area contributed by atoms with Crippen LogP contribution in [-0.2, 0) is 6.54 Å². The van der Waals surface area contributed by atoms with Crippen LogP contribution in [0, 0.1) is 17.7 Å². The molecule has 2 aliphatic heterocycles. The van der Waals surface area contributed by atoms with Gasteiger partial charge < -0.3 is 25.3 Å². The Balaban J connectivity index is 1.31. The molecule has 200 valence electrons. The zero-order valence-electron chi connectivity index (χ0n) is 22.1. The number of hydrogen-bond acceptors (Lipinski definition) is 6. The summed E-state index contributed by atoms with van der Waals surface area (Å²) >= 11 is 5.56. The lowest BCUT2D eigenvalue weighted by Gasteiger charge is -2.38. The highest BCUT2D eigenvalue weighted by atomic mass is 32.1. The van der Waals surface area contributed by atoms with E-state index in [4.69, 9.17) is 22.2 Å². The van der Waals surface area contributed by atoms with E-state index in [0.29, 0.717) is 29.4 Å². The first kappa shape index (κ1) is 26.2. The highest BCUT2D eigenvalue weighted by Gasteiger charge is 2.25. The number of halogens is 1. The van der Waals surface area contributed by atoms with E-state index in [0.717, 1.165) is 56.5 Å². The average Bonchev–Trinajstić information content (AvgIpc) is 2.93. The van der Waals surface area contributed by atoms with Crippen LogP contribution in [-0.4, -0.2) is 54.3 Å². The Morgan fingerprint density at radius 3 is 2.13 bits per heavy atom. The molecule has 0 aliphatic carbocycles. The Morgan fingerprint density at radius 2 is 1.47 bits per heavy atom. The number of thiocarbonyl (C=S) groups is 1. The Hall–Kier alpha value is -3.46. The van der Waals surface area contributed by atoms with E-state index in [1.54, 1.807) is 12.1 Å². The van der Waals surface area contributed by atoms with Gasteiger partial charge in [0.15, 0.2) is 5.11 Å². The van der Waals surface area contributed by atoms with E-state index in [1.807, 2.05) is 0 Å². The molecule has 2 atom stereocenters. The third kappa shape index (κ3) is 6.69. The molecule has 9 heteroatoms. The van der Waals surface area contributed by atoms with Gasteiger partial charge in [-0.1, -0.05) is 44.2 Å². The third-order valence-corrected chi connectivity index (χ3v) is 7.46. The minimum Gasteiger partial charge on any atom is -0.368 e. The lowest BCUT2D eigenvalue weighted by Crippen LogP contribution is -2.47. The standard InChI is InChI=1S/C29H36FN7S/c1-21-16-22(2)20-37(19-21)27-17-26(36-14-12-35(13-15-36)25-6-4-3-5-7-25)32-28(33-27)34-29(38)31-18-23-8-10-24(30)11-9-23/h3-11,17,21-22H,12-16,18-20H2,1-2H3,(H2,31,32,33,34,38)/t21-,22-/m0/s1. The lowest BCUT2D eigenvalue weighted by molar-refractivity contribution is 0.355. The summed E-state index contributed by atoms with van der Waals surface area (Å²) in [6.45, 7) is 10.7. The number of piperidine rings is 1. The zero-order valence-corrected chi connectivity index (χ0v) is 22.9. The monoisotopic (exact) mass is 533 g/mol. The largest absolute Gasteiger partial charge is 0.368 e. The zero-order chi connectivity index (χ0) is 26.5. The molecule has 2 saturated heterocycles. The van der Waals surface area contributed by atoms with Gasteiger partial charge in [0.05, 0.1) is 0 Å². The molecule has 3 heterocycles. The van der Waals surface area contributed by atoms with Crippen LogP contribution >= 0.6 is 12.2 Å². The number of benzene rings is 2. The van der Waals surface area contributed by atoms with Crippen molar-refractivity contribution >= 4 is 40.6 Å². The topological polar surface area (TPSA) is 59.6 Å². The molecule has 0 unspecified atom stereocenters. The van der Waals surface area contributed by atoms with Crippen LogP contribution in [0.5, 0.6) is 0 Å². The van der Waals surface area contributed by atoms with Gasteiger partial charge in [0.2, 0.25) is 5.95 Å². The van der Waals surface area contributed by atoms with Gasteiger partial charge in [0.25, 0.3) is 0 Å². The van der Waals surface area contributed by atoms with E-state index in [1.165, 1.54) is 24.2 Å². The van der Waals surface area contributed by atoms with Crippen LogP contribution in [0.4, 0.5) is 27.7 Å². The second-order valence-corrected chi connectivity index (χ2v) is 10.9. The van der Waals surface area contributed by atoms with Crippen molar-refractivity contribution in [2.75, 3.05) is 59.3 Å². The molecule has 2 N–H and O–H groups in total. The molecule has 5 rings (SSSR count). The Labute approximate surface area is 230 Å². The van der Waals surface area contributed by atoms with Crippen LogP contribution in [0.3, 0.4) is 0 Å². The number of hydrogen-bond donors (Lipinski definition) is 2. The molecule has 2 aliphatic rings. The minimum atomic E-state index is -0.252. The molecule has 3 aromatic rings. The van der Waals surface area contributed by atoms with Crippen LogP contribution in [0.15, 0.2) is 60.7 Å². The van der Waals surface area contributed by atoms with Gasteiger partial charge in [-0.3, -0.25) is 0 Å². The normalized spacial score (nSPS) is 19.8. The molecule has 1 aromatic heterocycles. The molecule has 2 fully saturated rings. The fourth-order valence-corrected chi connectivity index (χ4v) is 5.58. The predicted octanol–water partition coefficient (Wildman–Crippen LogP) is 4.91. The maximum absolute atomic E-state index is 13.2. The molecule has 38 heavy (non-hydrogen) atoms. The van der Waals surface area contributed by atoms with Crippen molar-refractivity contribution in [3.63, 3.8) is 0 Å². The molecule has 0 amide bonds. The number of para-hydroxylation sites is 1. The predicted molar refractivity (Wildman–Crippen MR) is 158 cm³/mol. The van der Waals surface area contributed by atoms with Gasteiger partial charge in [-0.15, -0.1) is 0 Å². The van der Waals surface area contributed by atoms with E-state index in [-0.39, 0.29) is 5.82 Å². The molecular formula is C29H36FN7S. The number of rotatable bonds is 6. The van der Waals surface area contributed by atoms with Crippen molar-refractivity contribution in [2.24, 2.45) is 11.8 Å². The maximum atomic E-state index is 13.2. The van der Waals surface area contributed by atoms with Crippen molar-refractivity contribution in [2.45, 2.75) is 26.8 Å². The second kappa shape index (κ2) is 11.9. The number of piperazine rings is 1. The minimum absolute atomic E-state index is 0.252. The third-order valence-electron chi connectivity index (χ3n) is 7.21. The first-order valence-corrected chi connectivity index (χ1v) is 13.8. The summed E-state index contributed by atoms with van der Waals surface area (Å²) in [5.41, 5.74) is 2.20. The molecule has 0 spiro atoms. The fourth-order valence-electron chi connectivity index (χ4n) is 5.41. The quantitative estimate of drug-likeness (QED) is 0.434. The summed E-state index contributed by atoms with van der Waals surface area (Å²) in [4.78, 5) is 16.9. The van der Waals surface area contributed by atoms with Crippen LogP contribution in [0.25, 0.3) is 0 Å². The Kier molecular flexibility index (Phi) is 8.22. The summed E-state index contributed by atoms with van der Waals surface area (Å²) < 4.78 is 13.2. The SMILES string of the molecule is C[C@H]1C[C@H](C)CN(c2cc(N3CCN(c4ccccc4)CC3)nc(NC(=S)NCc3ccc(F)cc3)n2)C1. The smallest absolute Gasteiger partial charge is 0.232 e. The van der Waals surface area contributed by atoms with E-state index >= 15 is 0 Å². The number of anilines is 4. The van der Waals surface area contributed by atoms with Crippen molar-refractivity contribution < 1.29 is 4.39 Å².